The molecular weight excluding hydrogens is 282 g/mol. The van der Waals surface area contributed by atoms with Crippen molar-refractivity contribution in [3.8, 4) is 0 Å². The predicted molar refractivity (Wildman–Crippen MR) is 90.0 cm³/mol. The number of anilines is 1. The van der Waals surface area contributed by atoms with E-state index in [2.05, 4.69) is 28.9 Å². The summed E-state index contributed by atoms with van der Waals surface area (Å²) >= 11 is 6.08. The Labute approximate surface area is 131 Å². The number of aromatic nitrogens is 1. The number of piperidine rings is 1. The fraction of sp³-hybridized carbons (Fsp3) is 0.471. The molecule has 0 bridgehead atoms. The third-order valence-corrected chi connectivity index (χ3v) is 4.90. The van der Waals surface area contributed by atoms with Gasteiger partial charge in [0.05, 0.1) is 5.52 Å². The molecule has 1 aromatic heterocycles. The van der Waals surface area contributed by atoms with Crippen molar-refractivity contribution in [2.75, 3.05) is 18.0 Å². The van der Waals surface area contributed by atoms with Gasteiger partial charge in [-0.3, -0.25) is 4.98 Å². The van der Waals surface area contributed by atoms with Crippen molar-refractivity contribution in [1.82, 2.24) is 4.98 Å². The Balaban J connectivity index is 1.99. The van der Waals surface area contributed by atoms with E-state index in [9.17, 15) is 0 Å². The number of halogens is 1. The fourth-order valence-corrected chi connectivity index (χ4v) is 3.57. The van der Waals surface area contributed by atoms with Gasteiger partial charge in [0.25, 0.3) is 0 Å². The van der Waals surface area contributed by atoms with E-state index < -0.39 is 0 Å². The minimum absolute atomic E-state index is 0.421. The van der Waals surface area contributed by atoms with Crippen molar-refractivity contribution in [3.05, 3.63) is 35.5 Å². The minimum Gasteiger partial charge on any atom is -0.367 e. The normalized spacial score (nSPS) is 22.7. The van der Waals surface area contributed by atoms with Gasteiger partial charge in [-0.2, -0.15) is 0 Å². The molecule has 1 aromatic carbocycles. The second kappa shape index (κ2) is 6.20. The molecule has 3 nitrogen and oxygen atoms in total. The summed E-state index contributed by atoms with van der Waals surface area (Å²) in [6.07, 6.45) is 5.54. The summed E-state index contributed by atoms with van der Waals surface area (Å²) in [5.74, 6) is 0.803. The summed E-state index contributed by atoms with van der Waals surface area (Å²) < 4.78 is 0. The van der Waals surface area contributed by atoms with E-state index >= 15 is 0 Å². The van der Waals surface area contributed by atoms with Gasteiger partial charge in [-0.1, -0.05) is 24.9 Å². The quantitative estimate of drug-likeness (QED) is 0.936. The molecule has 0 radical (unpaired) electrons. The lowest BCUT2D eigenvalue weighted by Gasteiger charge is -2.41. The number of pyridine rings is 1. The van der Waals surface area contributed by atoms with Crippen LogP contribution in [0.2, 0.25) is 5.02 Å². The molecule has 1 fully saturated rings. The highest BCUT2D eigenvalue weighted by Crippen LogP contribution is 2.33. The molecule has 2 atom stereocenters. The zero-order valence-corrected chi connectivity index (χ0v) is 13.2. The highest BCUT2D eigenvalue weighted by molar-refractivity contribution is 6.31. The zero-order chi connectivity index (χ0) is 14.8. The molecule has 1 aliphatic heterocycles. The van der Waals surface area contributed by atoms with Gasteiger partial charge in [-0.15, -0.1) is 0 Å². The Morgan fingerprint density at radius 1 is 1.38 bits per heavy atom. The van der Waals surface area contributed by atoms with Gasteiger partial charge in [0.1, 0.15) is 0 Å². The lowest BCUT2D eigenvalue weighted by molar-refractivity contribution is 0.336. The Hall–Kier alpha value is -1.32. The molecule has 0 saturated carbocycles. The van der Waals surface area contributed by atoms with Crippen LogP contribution in [-0.4, -0.2) is 24.1 Å². The minimum atomic E-state index is 0.421. The van der Waals surface area contributed by atoms with Crippen LogP contribution in [0, 0.1) is 5.92 Å². The van der Waals surface area contributed by atoms with Crippen LogP contribution in [0.4, 0.5) is 5.69 Å². The lowest BCUT2D eigenvalue weighted by Crippen LogP contribution is -2.46. The molecule has 21 heavy (non-hydrogen) atoms. The number of fused-ring (bicyclic) bond motifs is 1. The number of rotatable bonds is 3. The van der Waals surface area contributed by atoms with Crippen molar-refractivity contribution in [1.29, 1.82) is 0 Å². The van der Waals surface area contributed by atoms with Crippen LogP contribution in [0.25, 0.3) is 10.9 Å². The molecule has 1 saturated heterocycles. The largest absolute Gasteiger partial charge is 0.367 e. The van der Waals surface area contributed by atoms with Crippen LogP contribution in [0.15, 0.2) is 30.5 Å². The summed E-state index contributed by atoms with van der Waals surface area (Å²) in [6.45, 7) is 4.05. The van der Waals surface area contributed by atoms with E-state index in [-0.39, 0.29) is 0 Å². The third kappa shape index (κ3) is 2.85. The zero-order valence-electron chi connectivity index (χ0n) is 12.4. The van der Waals surface area contributed by atoms with Crippen molar-refractivity contribution < 1.29 is 0 Å². The summed E-state index contributed by atoms with van der Waals surface area (Å²) in [6, 6.07) is 8.46. The first-order valence-corrected chi connectivity index (χ1v) is 8.11. The molecule has 2 heterocycles. The van der Waals surface area contributed by atoms with Crippen molar-refractivity contribution in [2.24, 2.45) is 11.7 Å². The molecule has 0 aliphatic carbocycles. The molecular formula is C17H22ClN3. The van der Waals surface area contributed by atoms with E-state index in [1.165, 1.54) is 24.9 Å². The number of hydrogen-bond donors (Lipinski definition) is 1. The first kappa shape index (κ1) is 14.6. The van der Waals surface area contributed by atoms with Crippen molar-refractivity contribution in [2.45, 2.75) is 32.2 Å². The lowest BCUT2D eigenvalue weighted by atomic mass is 9.88. The summed E-state index contributed by atoms with van der Waals surface area (Å²) in [4.78, 5) is 6.90. The molecule has 2 unspecified atom stereocenters. The van der Waals surface area contributed by atoms with E-state index in [0.29, 0.717) is 12.6 Å². The van der Waals surface area contributed by atoms with Gasteiger partial charge >= 0.3 is 0 Å². The maximum absolute atomic E-state index is 6.08. The number of nitrogens with two attached hydrogens (primary N) is 1. The average molecular weight is 304 g/mol. The van der Waals surface area contributed by atoms with Gasteiger partial charge < -0.3 is 10.6 Å². The van der Waals surface area contributed by atoms with Crippen molar-refractivity contribution in [3.63, 3.8) is 0 Å². The molecule has 1 aliphatic rings. The third-order valence-electron chi connectivity index (χ3n) is 4.67. The monoisotopic (exact) mass is 303 g/mol. The number of benzene rings is 1. The van der Waals surface area contributed by atoms with Crippen LogP contribution in [-0.2, 0) is 0 Å². The maximum Gasteiger partial charge on any atom is 0.0737 e. The molecule has 0 spiro atoms. The van der Waals surface area contributed by atoms with Gasteiger partial charge in [-0.05, 0) is 43.0 Å². The Kier molecular flexibility index (Phi) is 4.32. The summed E-state index contributed by atoms with van der Waals surface area (Å²) in [7, 11) is 0. The van der Waals surface area contributed by atoms with Gasteiger partial charge in [-0.25, -0.2) is 0 Å². The maximum atomic E-state index is 6.08. The van der Waals surface area contributed by atoms with Gasteiger partial charge in [0.15, 0.2) is 0 Å². The summed E-state index contributed by atoms with van der Waals surface area (Å²) in [5.41, 5.74) is 8.23. The number of hydrogen-bond acceptors (Lipinski definition) is 3. The second-order valence-corrected chi connectivity index (χ2v) is 6.31. The highest BCUT2D eigenvalue weighted by atomic mass is 35.5. The van der Waals surface area contributed by atoms with Crippen molar-refractivity contribution >= 4 is 28.2 Å². The first-order valence-electron chi connectivity index (χ1n) is 7.74. The van der Waals surface area contributed by atoms with Crippen LogP contribution >= 0.6 is 11.6 Å². The topological polar surface area (TPSA) is 42.2 Å². The first-order chi connectivity index (χ1) is 10.2. The molecule has 4 heteroatoms. The predicted octanol–water partition coefficient (Wildman–Crippen LogP) is 3.84. The average Bonchev–Trinajstić information content (AvgIpc) is 2.53. The van der Waals surface area contributed by atoms with Crippen LogP contribution < -0.4 is 10.6 Å². The van der Waals surface area contributed by atoms with Gasteiger partial charge in [0.2, 0.25) is 0 Å². The molecule has 2 aromatic rings. The Morgan fingerprint density at radius 3 is 3.00 bits per heavy atom. The Morgan fingerprint density at radius 2 is 2.24 bits per heavy atom. The van der Waals surface area contributed by atoms with E-state index in [4.69, 9.17) is 17.3 Å². The number of nitrogens with zero attached hydrogens (tertiary/aromatic N) is 2. The molecule has 112 valence electrons. The van der Waals surface area contributed by atoms with Crippen LogP contribution in [0.1, 0.15) is 26.2 Å². The molecule has 0 amide bonds. The highest BCUT2D eigenvalue weighted by Gasteiger charge is 2.27. The molecule has 3 rings (SSSR count). The van der Waals surface area contributed by atoms with Crippen LogP contribution in [0.3, 0.4) is 0 Å². The summed E-state index contributed by atoms with van der Waals surface area (Å²) in [5, 5.41) is 1.89. The Bertz CT molecular complexity index is 628. The van der Waals surface area contributed by atoms with E-state index in [1.807, 2.05) is 18.3 Å². The smallest absolute Gasteiger partial charge is 0.0737 e. The SMILES string of the molecule is CCC1CCN(c2ccnc3cc(Cl)ccc23)C(CN)C1. The van der Waals surface area contributed by atoms with Gasteiger partial charge in [0, 0.05) is 41.4 Å². The van der Waals surface area contributed by atoms with E-state index in [0.717, 1.165) is 28.4 Å². The molecule has 2 N–H and O–H groups in total. The van der Waals surface area contributed by atoms with Crippen LogP contribution in [0.5, 0.6) is 0 Å². The standard InChI is InChI=1S/C17H22ClN3/c1-2-12-6-8-21(14(9-12)11-19)17-5-7-20-16-10-13(18)3-4-15(16)17/h3-5,7,10,12,14H,2,6,8-9,11,19H2,1H3. The van der Waals surface area contributed by atoms with E-state index in [1.54, 1.807) is 0 Å². The second-order valence-electron chi connectivity index (χ2n) is 5.87. The fourth-order valence-electron chi connectivity index (χ4n) is 3.40.